The summed E-state index contributed by atoms with van der Waals surface area (Å²) in [5.41, 5.74) is -2.10. The molecule has 4 rings (SSSR count). The monoisotopic (exact) mass is 554 g/mol. The van der Waals surface area contributed by atoms with Crippen LogP contribution in [0.5, 0.6) is 23.0 Å². The van der Waals surface area contributed by atoms with Crippen molar-refractivity contribution in [3.63, 3.8) is 0 Å². The SMILES string of the molecule is COc1cc(C(=O)OCC2(O)COC(OC3C(Oc4ccc(O)cc4)OC(CO)C(O)C3O)C2O)ccc1O. The average Bonchev–Trinajstić information content (AvgIpc) is 3.21. The van der Waals surface area contributed by atoms with E-state index in [0.717, 1.165) is 0 Å². The van der Waals surface area contributed by atoms with Crippen molar-refractivity contribution in [1.29, 1.82) is 0 Å². The van der Waals surface area contributed by atoms with E-state index in [2.05, 4.69) is 0 Å². The van der Waals surface area contributed by atoms with E-state index in [0.29, 0.717) is 0 Å². The van der Waals surface area contributed by atoms with Crippen LogP contribution in [0.2, 0.25) is 0 Å². The lowest BCUT2D eigenvalue weighted by Crippen LogP contribution is -2.62. The molecule has 39 heavy (non-hydrogen) atoms. The number of hydrogen-bond donors (Lipinski definition) is 7. The fraction of sp³-hybridized carbons (Fsp3) is 0.480. The van der Waals surface area contributed by atoms with Crippen LogP contribution in [-0.2, 0) is 18.9 Å². The fourth-order valence-corrected chi connectivity index (χ4v) is 4.09. The van der Waals surface area contributed by atoms with Crippen LogP contribution in [0.15, 0.2) is 42.5 Å². The van der Waals surface area contributed by atoms with Crippen molar-refractivity contribution in [2.75, 3.05) is 26.9 Å². The molecule has 2 aliphatic rings. The first-order valence-electron chi connectivity index (χ1n) is 11.9. The van der Waals surface area contributed by atoms with Gasteiger partial charge in [0.15, 0.2) is 29.5 Å². The molecule has 2 fully saturated rings. The summed E-state index contributed by atoms with van der Waals surface area (Å²) in [6, 6.07) is 9.22. The molecule has 8 unspecified atom stereocenters. The highest BCUT2D eigenvalue weighted by Crippen LogP contribution is 2.33. The van der Waals surface area contributed by atoms with Crippen LogP contribution in [0.4, 0.5) is 0 Å². The van der Waals surface area contributed by atoms with Gasteiger partial charge in [0.2, 0.25) is 6.29 Å². The van der Waals surface area contributed by atoms with E-state index in [4.69, 9.17) is 28.4 Å². The van der Waals surface area contributed by atoms with Crippen LogP contribution in [0.3, 0.4) is 0 Å². The third-order valence-electron chi connectivity index (χ3n) is 6.38. The molecule has 0 spiro atoms. The zero-order valence-electron chi connectivity index (χ0n) is 20.7. The Balaban J connectivity index is 1.43. The maximum absolute atomic E-state index is 12.4. The number of phenolic OH excluding ortho intramolecular Hbond substituents is 2. The Bertz CT molecular complexity index is 1130. The molecule has 14 nitrogen and oxygen atoms in total. The summed E-state index contributed by atoms with van der Waals surface area (Å²) in [6.45, 7) is -1.89. The molecule has 7 N–H and O–H groups in total. The molecular weight excluding hydrogens is 524 g/mol. The highest BCUT2D eigenvalue weighted by molar-refractivity contribution is 5.90. The summed E-state index contributed by atoms with van der Waals surface area (Å²) in [6.07, 6.45) is -10.8. The Morgan fingerprint density at radius 3 is 2.44 bits per heavy atom. The number of methoxy groups -OCH3 is 1. The molecule has 0 radical (unpaired) electrons. The molecular formula is C25H30O14. The zero-order valence-corrected chi connectivity index (χ0v) is 20.7. The van der Waals surface area contributed by atoms with E-state index in [-0.39, 0.29) is 28.6 Å². The van der Waals surface area contributed by atoms with Crippen LogP contribution in [0, 0.1) is 0 Å². The fourth-order valence-electron chi connectivity index (χ4n) is 4.09. The molecule has 0 aromatic heterocycles. The van der Waals surface area contributed by atoms with Gasteiger partial charge in [0.05, 0.1) is 25.9 Å². The van der Waals surface area contributed by atoms with E-state index < -0.39 is 74.5 Å². The van der Waals surface area contributed by atoms with E-state index in [9.17, 15) is 40.5 Å². The number of aromatic hydroxyl groups is 2. The number of hydrogen-bond acceptors (Lipinski definition) is 14. The second-order valence-corrected chi connectivity index (χ2v) is 9.11. The zero-order chi connectivity index (χ0) is 28.3. The Morgan fingerprint density at radius 1 is 1.05 bits per heavy atom. The van der Waals surface area contributed by atoms with Gasteiger partial charge in [-0.3, -0.25) is 0 Å². The minimum atomic E-state index is -2.11. The summed E-state index contributed by atoms with van der Waals surface area (Å²) >= 11 is 0. The maximum Gasteiger partial charge on any atom is 0.338 e. The molecule has 8 atom stereocenters. The average molecular weight is 555 g/mol. The molecule has 0 amide bonds. The smallest absolute Gasteiger partial charge is 0.338 e. The van der Waals surface area contributed by atoms with Crippen molar-refractivity contribution in [2.24, 2.45) is 0 Å². The lowest BCUT2D eigenvalue weighted by atomic mass is 9.98. The third-order valence-corrected chi connectivity index (χ3v) is 6.38. The largest absolute Gasteiger partial charge is 0.508 e. The molecule has 14 heteroatoms. The highest BCUT2D eigenvalue weighted by atomic mass is 16.8. The standard InChI is InChI=1S/C25H30O14/c1-34-16-8-12(2-7-15(16)28)22(32)35-10-25(33)11-36-24(21(25)31)39-20-19(30)18(29)17(9-26)38-23(20)37-14-5-3-13(27)4-6-14/h2-8,17-21,23-24,26-31,33H,9-11H2,1H3. The van der Waals surface area contributed by atoms with Crippen LogP contribution in [-0.4, -0.2) is 117 Å². The number of benzene rings is 2. The quantitative estimate of drug-likeness (QED) is 0.178. The van der Waals surface area contributed by atoms with Gasteiger partial charge in [-0.15, -0.1) is 0 Å². The lowest BCUT2D eigenvalue weighted by molar-refractivity contribution is -0.318. The summed E-state index contributed by atoms with van der Waals surface area (Å²) in [5, 5.41) is 71.4. The summed E-state index contributed by atoms with van der Waals surface area (Å²) in [5.74, 6) is -0.882. The third kappa shape index (κ3) is 6.18. The van der Waals surface area contributed by atoms with Gasteiger partial charge in [0.25, 0.3) is 0 Å². The van der Waals surface area contributed by atoms with Crippen LogP contribution in [0.1, 0.15) is 10.4 Å². The highest BCUT2D eigenvalue weighted by Gasteiger charge is 2.54. The van der Waals surface area contributed by atoms with E-state index >= 15 is 0 Å². The minimum Gasteiger partial charge on any atom is -0.508 e. The summed E-state index contributed by atoms with van der Waals surface area (Å²) in [7, 11) is 1.30. The molecule has 2 aliphatic heterocycles. The van der Waals surface area contributed by atoms with Crippen LogP contribution < -0.4 is 9.47 Å². The molecule has 214 valence electrons. The first-order valence-corrected chi connectivity index (χ1v) is 11.9. The van der Waals surface area contributed by atoms with E-state index in [1.807, 2.05) is 0 Å². The van der Waals surface area contributed by atoms with Crippen molar-refractivity contribution in [1.82, 2.24) is 0 Å². The summed E-state index contributed by atoms with van der Waals surface area (Å²) in [4.78, 5) is 12.4. The van der Waals surface area contributed by atoms with Gasteiger partial charge in [-0.2, -0.15) is 0 Å². The van der Waals surface area contributed by atoms with Gasteiger partial charge in [-0.1, -0.05) is 0 Å². The topological polar surface area (TPSA) is 214 Å². The predicted molar refractivity (Wildman–Crippen MR) is 127 cm³/mol. The van der Waals surface area contributed by atoms with Crippen molar-refractivity contribution in [2.45, 2.75) is 48.7 Å². The Hall–Kier alpha value is -3.21. The summed E-state index contributed by atoms with van der Waals surface area (Å²) < 4.78 is 32.4. The van der Waals surface area contributed by atoms with Gasteiger partial charge < -0.3 is 64.2 Å². The Kier molecular flexibility index (Phi) is 8.78. The number of phenols is 2. The van der Waals surface area contributed by atoms with Gasteiger partial charge in [0, 0.05) is 0 Å². The number of carbonyl (C=O) groups excluding carboxylic acids is 1. The Morgan fingerprint density at radius 2 is 1.77 bits per heavy atom. The maximum atomic E-state index is 12.4. The second kappa shape index (κ2) is 11.9. The first-order chi connectivity index (χ1) is 18.6. The minimum absolute atomic E-state index is 0.0126. The van der Waals surface area contributed by atoms with Crippen LogP contribution >= 0.6 is 0 Å². The second-order valence-electron chi connectivity index (χ2n) is 9.11. The number of aliphatic hydroxyl groups is 5. The number of esters is 1. The molecule has 2 aromatic rings. The molecule has 2 heterocycles. The molecule has 0 aliphatic carbocycles. The normalized spacial score (nSPS) is 32.5. The van der Waals surface area contributed by atoms with Gasteiger partial charge >= 0.3 is 5.97 Å². The predicted octanol–water partition coefficient (Wildman–Crippen LogP) is -1.39. The van der Waals surface area contributed by atoms with Gasteiger partial charge in [-0.05, 0) is 42.5 Å². The van der Waals surface area contributed by atoms with Crippen LogP contribution in [0.25, 0.3) is 0 Å². The van der Waals surface area contributed by atoms with E-state index in [1.54, 1.807) is 0 Å². The first kappa shape index (κ1) is 28.8. The molecule has 0 bridgehead atoms. The lowest BCUT2D eigenvalue weighted by Gasteiger charge is -2.42. The Labute approximate surface area is 222 Å². The van der Waals surface area contributed by atoms with Crippen molar-refractivity contribution >= 4 is 5.97 Å². The number of aliphatic hydroxyl groups excluding tert-OH is 4. The number of rotatable bonds is 9. The molecule has 2 saturated heterocycles. The number of carbonyl (C=O) groups is 1. The molecule has 0 saturated carbocycles. The van der Waals surface area contributed by atoms with Crippen molar-refractivity contribution in [3.8, 4) is 23.0 Å². The van der Waals surface area contributed by atoms with Crippen molar-refractivity contribution < 1.29 is 69.0 Å². The van der Waals surface area contributed by atoms with E-state index in [1.165, 1.54) is 49.6 Å². The van der Waals surface area contributed by atoms with Crippen molar-refractivity contribution in [3.05, 3.63) is 48.0 Å². The van der Waals surface area contributed by atoms with Gasteiger partial charge in [-0.25, -0.2) is 4.79 Å². The molecule has 2 aromatic carbocycles. The number of ether oxygens (including phenoxy) is 6. The van der Waals surface area contributed by atoms with Gasteiger partial charge in [0.1, 0.15) is 42.5 Å².